The minimum absolute atomic E-state index is 0.0607. The lowest BCUT2D eigenvalue weighted by atomic mass is 9.79. The van der Waals surface area contributed by atoms with Crippen LogP contribution in [0, 0.1) is 5.41 Å². The Labute approximate surface area is 124 Å². The molecule has 1 amide bonds. The van der Waals surface area contributed by atoms with Crippen molar-refractivity contribution in [3.05, 3.63) is 28.7 Å². The molecule has 1 aromatic heterocycles. The Morgan fingerprint density at radius 2 is 2.14 bits per heavy atom. The topological polar surface area (TPSA) is 86.3 Å². The van der Waals surface area contributed by atoms with Gasteiger partial charge in [0.05, 0.1) is 11.1 Å². The van der Waals surface area contributed by atoms with E-state index in [1.807, 2.05) is 6.92 Å². The van der Waals surface area contributed by atoms with Gasteiger partial charge in [0, 0.05) is 38.6 Å². The van der Waals surface area contributed by atoms with Crippen LogP contribution in [0.1, 0.15) is 26.2 Å². The smallest absolute Gasteiger partial charge is 0.250 e. The fraction of sp³-hybridized carbons (Fsp3) is 0.600. The molecular formula is C15H23N3O3. The molecule has 0 unspecified atom stereocenters. The molecule has 2 rings (SSSR count). The molecule has 21 heavy (non-hydrogen) atoms. The predicted molar refractivity (Wildman–Crippen MR) is 81.2 cm³/mol. The summed E-state index contributed by atoms with van der Waals surface area (Å²) in [7, 11) is 0. The van der Waals surface area contributed by atoms with Gasteiger partial charge in [-0.25, -0.2) is 0 Å². The number of aromatic nitrogens is 1. The van der Waals surface area contributed by atoms with Crippen molar-refractivity contribution < 1.29 is 9.53 Å². The predicted octanol–water partition coefficient (Wildman–Crippen LogP) is 0.952. The van der Waals surface area contributed by atoms with Crippen LogP contribution in [0.4, 0.5) is 5.69 Å². The maximum Gasteiger partial charge on any atom is 0.250 e. The Morgan fingerprint density at radius 3 is 2.76 bits per heavy atom. The first-order valence-electron chi connectivity index (χ1n) is 7.41. The fourth-order valence-corrected chi connectivity index (χ4v) is 2.57. The SMILES string of the molecule is CCCn1cc(NC(=O)C2(CN)CCOCC2)ccc1=O. The second-order valence-electron chi connectivity index (χ2n) is 5.50. The van der Waals surface area contributed by atoms with Gasteiger partial charge in [-0.15, -0.1) is 0 Å². The monoisotopic (exact) mass is 293 g/mol. The molecule has 1 saturated heterocycles. The number of hydrogen-bond donors (Lipinski definition) is 2. The van der Waals surface area contributed by atoms with Crippen molar-refractivity contribution in [3.63, 3.8) is 0 Å². The Balaban J connectivity index is 2.15. The third-order valence-corrected chi connectivity index (χ3v) is 4.03. The van der Waals surface area contributed by atoms with Crippen molar-refractivity contribution in [1.29, 1.82) is 0 Å². The Kier molecular flexibility index (Phi) is 5.14. The number of rotatable bonds is 5. The van der Waals surface area contributed by atoms with E-state index in [2.05, 4.69) is 5.32 Å². The molecule has 0 spiro atoms. The van der Waals surface area contributed by atoms with Crippen molar-refractivity contribution in [1.82, 2.24) is 4.57 Å². The van der Waals surface area contributed by atoms with Gasteiger partial charge in [-0.1, -0.05) is 6.92 Å². The second-order valence-corrected chi connectivity index (χ2v) is 5.50. The van der Waals surface area contributed by atoms with Gasteiger partial charge in [-0.05, 0) is 25.3 Å². The standard InChI is InChI=1S/C15H23N3O3/c1-2-7-18-10-12(3-4-13(18)19)17-14(20)15(11-16)5-8-21-9-6-15/h3-4,10H,2,5-9,11,16H2,1H3,(H,17,20). The first-order valence-corrected chi connectivity index (χ1v) is 7.41. The van der Waals surface area contributed by atoms with E-state index in [9.17, 15) is 9.59 Å². The van der Waals surface area contributed by atoms with Crippen molar-refractivity contribution >= 4 is 11.6 Å². The van der Waals surface area contributed by atoms with Crippen molar-refractivity contribution in [2.24, 2.45) is 11.1 Å². The number of pyridine rings is 1. The number of anilines is 1. The van der Waals surface area contributed by atoms with Crippen LogP contribution in [0.5, 0.6) is 0 Å². The number of nitrogens with one attached hydrogen (secondary N) is 1. The maximum atomic E-state index is 12.5. The molecule has 0 atom stereocenters. The molecule has 0 bridgehead atoms. The Morgan fingerprint density at radius 1 is 1.43 bits per heavy atom. The van der Waals surface area contributed by atoms with Crippen LogP contribution in [0.25, 0.3) is 0 Å². The molecular weight excluding hydrogens is 270 g/mol. The van der Waals surface area contributed by atoms with E-state index in [4.69, 9.17) is 10.5 Å². The van der Waals surface area contributed by atoms with E-state index in [-0.39, 0.29) is 11.5 Å². The van der Waals surface area contributed by atoms with E-state index in [0.717, 1.165) is 6.42 Å². The number of carbonyl (C=O) groups excluding carboxylic acids is 1. The van der Waals surface area contributed by atoms with Crippen LogP contribution in [0.2, 0.25) is 0 Å². The van der Waals surface area contributed by atoms with Crippen LogP contribution >= 0.6 is 0 Å². The number of ether oxygens (including phenoxy) is 1. The minimum Gasteiger partial charge on any atom is -0.381 e. The van der Waals surface area contributed by atoms with E-state index in [1.54, 1.807) is 16.8 Å². The largest absolute Gasteiger partial charge is 0.381 e. The summed E-state index contributed by atoms with van der Waals surface area (Å²) in [6.07, 6.45) is 3.81. The van der Waals surface area contributed by atoms with Crippen molar-refractivity contribution in [2.45, 2.75) is 32.7 Å². The number of nitrogens with zero attached hydrogens (tertiary/aromatic N) is 1. The maximum absolute atomic E-state index is 12.5. The van der Waals surface area contributed by atoms with Gasteiger partial charge in [0.25, 0.3) is 5.56 Å². The van der Waals surface area contributed by atoms with E-state index < -0.39 is 5.41 Å². The summed E-state index contributed by atoms with van der Waals surface area (Å²) in [6, 6.07) is 3.11. The van der Waals surface area contributed by atoms with Crippen LogP contribution in [0.3, 0.4) is 0 Å². The van der Waals surface area contributed by atoms with Gasteiger partial charge in [-0.2, -0.15) is 0 Å². The van der Waals surface area contributed by atoms with Crippen molar-refractivity contribution in [3.8, 4) is 0 Å². The molecule has 0 aromatic carbocycles. The van der Waals surface area contributed by atoms with Crippen LogP contribution in [-0.4, -0.2) is 30.2 Å². The molecule has 0 aliphatic carbocycles. The number of amides is 1. The highest BCUT2D eigenvalue weighted by Gasteiger charge is 2.38. The van der Waals surface area contributed by atoms with Gasteiger partial charge in [0.1, 0.15) is 0 Å². The summed E-state index contributed by atoms with van der Waals surface area (Å²) < 4.78 is 6.92. The molecule has 1 fully saturated rings. The number of hydrogen-bond acceptors (Lipinski definition) is 4. The molecule has 1 aromatic rings. The average molecular weight is 293 g/mol. The molecule has 2 heterocycles. The minimum atomic E-state index is -0.566. The normalized spacial score (nSPS) is 17.4. The molecule has 3 N–H and O–H groups in total. The first kappa shape index (κ1) is 15.7. The molecule has 6 nitrogen and oxygen atoms in total. The van der Waals surface area contributed by atoms with Crippen molar-refractivity contribution in [2.75, 3.05) is 25.1 Å². The number of carbonyl (C=O) groups is 1. The van der Waals surface area contributed by atoms with Gasteiger partial charge in [0.15, 0.2) is 0 Å². The van der Waals surface area contributed by atoms with Gasteiger partial charge >= 0.3 is 0 Å². The molecule has 116 valence electrons. The van der Waals surface area contributed by atoms with E-state index in [1.165, 1.54) is 6.07 Å². The lowest BCUT2D eigenvalue weighted by Gasteiger charge is -2.34. The first-order chi connectivity index (χ1) is 10.1. The molecule has 6 heteroatoms. The summed E-state index contributed by atoms with van der Waals surface area (Å²) >= 11 is 0. The summed E-state index contributed by atoms with van der Waals surface area (Å²) in [5.41, 5.74) is 5.83. The average Bonchev–Trinajstić information content (AvgIpc) is 2.51. The van der Waals surface area contributed by atoms with Crippen LogP contribution in [0.15, 0.2) is 23.1 Å². The number of aryl methyl sites for hydroxylation is 1. The highest BCUT2D eigenvalue weighted by molar-refractivity contribution is 5.95. The third kappa shape index (κ3) is 3.51. The van der Waals surface area contributed by atoms with E-state index >= 15 is 0 Å². The lowest BCUT2D eigenvalue weighted by molar-refractivity contribution is -0.130. The summed E-state index contributed by atoms with van der Waals surface area (Å²) in [5.74, 6) is -0.0880. The quantitative estimate of drug-likeness (QED) is 0.846. The van der Waals surface area contributed by atoms with Gasteiger partial charge in [0.2, 0.25) is 5.91 Å². The zero-order chi connectivity index (χ0) is 15.3. The highest BCUT2D eigenvalue weighted by Crippen LogP contribution is 2.30. The Hall–Kier alpha value is -1.66. The van der Waals surface area contributed by atoms with E-state index in [0.29, 0.717) is 44.8 Å². The molecule has 1 aliphatic rings. The summed E-state index contributed by atoms with van der Waals surface area (Å²) in [6.45, 7) is 4.05. The second kappa shape index (κ2) is 6.87. The lowest BCUT2D eigenvalue weighted by Crippen LogP contribution is -2.46. The van der Waals surface area contributed by atoms with Crippen LogP contribution < -0.4 is 16.6 Å². The zero-order valence-corrected chi connectivity index (χ0v) is 12.4. The van der Waals surface area contributed by atoms with Gasteiger partial charge < -0.3 is 20.4 Å². The van der Waals surface area contributed by atoms with Gasteiger partial charge in [-0.3, -0.25) is 9.59 Å². The highest BCUT2D eigenvalue weighted by atomic mass is 16.5. The molecule has 0 radical (unpaired) electrons. The summed E-state index contributed by atoms with van der Waals surface area (Å²) in [4.78, 5) is 24.2. The molecule has 1 aliphatic heterocycles. The third-order valence-electron chi connectivity index (χ3n) is 4.03. The summed E-state index contributed by atoms with van der Waals surface area (Å²) in [5, 5.41) is 2.90. The molecule has 0 saturated carbocycles. The fourth-order valence-electron chi connectivity index (χ4n) is 2.57. The van der Waals surface area contributed by atoms with Crippen LogP contribution in [-0.2, 0) is 16.1 Å². The zero-order valence-electron chi connectivity index (χ0n) is 12.4. The Bertz CT molecular complexity index is 547. The number of nitrogens with two attached hydrogens (primary N) is 1.